The van der Waals surface area contributed by atoms with Crippen molar-refractivity contribution in [1.29, 1.82) is 0 Å². The maximum absolute atomic E-state index is 13.8. The Morgan fingerprint density at radius 2 is 2.18 bits per heavy atom. The molecule has 1 unspecified atom stereocenters. The van der Waals surface area contributed by atoms with Gasteiger partial charge < -0.3 is 5.32 Å². The first-order chi connectivity index (χ1) is 8.03. The van der Waals surface area contributed by atoms with Crippen molar-refractivity contribution in [3.05, 3.63) is 35.1 Å². The summed E-state index contributed by atoms with van der Waals surface area (Å²) in [5.41, 5.74) is 2.08. The summed E-state index contributed by atoms with van der Waals surface area (Å²) in [6.07, 6.45) is 3.15. The molecular formula is C15H22FN. The molecular weight excluding hydrogens is 213 g/mol. The van der Waals surface area contributed by atoms with Gasteiger partial charge in [-0.1, -0.05) is 31.5 Å². The second kappa shape index (κ2) is 4.77. The summed E-state index contributed by atoms with van der Waals surface area (Å²) in [4.78, 5) is 0. The van der Waals surface area contributed by atoms with E-state index in [1.165, 1.54) is 6.42 Å². The van der Waals surface area contributed by atoms with Gasteiger partial charge in [-0.2, -0.15) is 0 Å². The summed E-state index contributed by atoms with van der Waals surface area (Å²) < 4.78 is 13.8. The molecule has 1 N–H and O–H groups in total. The lowest BCUT2D eigenvalue weighted by Gasteiger charge is -2.34. The Morgan fingerprint density at radius 1 is 1.41 bits per heavy atom. The molecule has 0 radical (unpaired) electrons. The van der Waals surface area contributed by atoms with E-state index in [2.05, 4.69) is 19.2 Å². The molecule has 0 bridgehead atoms. The fourth-order valence-electron chi connectivity index (χ4n) is 2.86. The predicted octanol–water partition coefficient (Wildman–Crippen LogP) is 3.45. The van der Waals surface area contributed by atoms with E-state index in [4.69, 9.17) is 0 Å². The fraction of sp³-hybridized carbons (Fsp3) is 0.600. The third-order valence-electron chi connectivity index (χ3n) is 4.09. The minimum absolute atomic E-state index is 0.0654. The van der Waals surface area contributed by atoms with Gasteiger partial charge in [-0.25, -0.2) is 4.39 Å². The van der Waals surface area contributed by atoms with Crippen LogP contribution in [-0.2, 0) is 6.42 Å². The Balaban J connectivity index is 2.26. The van der Waals surface area contributed by atoms with E-state index < -0.39 is 0 Å². The van der Waals surface area contributed by atoms with Gasteiger partial charge in [0.05, 0.1) is 0 Å². The minimum atomic E-state index is -0.0654. The first-order valence-electron chi connectivity index (χ1n) is 6.53. The van der Waals surface area contributed by atoms with Crippen LogP contribution in [-0.4, -0.2) is 12.1 Å². The van der Waals surface area contributed by atoms with E-state index in [0.29, 0.717) is 5.92 Å². The van der Waals surface area contributed by atoms with Crippen molar-refractivity contribution < 1.29 is 4.39 Å². The second-order valence-electron chi connectivity index (χ2n) is 5.61. The normalized spacial score (nSPS) is 24.5. The van der Waals surface area contributed by atoms with Gasteiger partial charge in [-0.05, 0) is 50.3 Å². The summed E-state index contributed by atoms with van der Waals surface area (Å²) >= 11 is 0. The van der Waals surface area contributed by atoms with E-state index in [-0.39, 0.29) is 11.4 Å². The van der Waals surface area contributed by atoms with Crippen LogP contribution >= 0.6 is 0 Å². The summed E-state index contributed by atoms with van der Waals surface area (Å²) in [6.45, 7) is 7.54. The van der Waals surface area contributed by atoms with Crippen LogP contribution in [0.3, 0.4) is 0 Å². The number of aryl methyl sites for hydroxylation is 1. The van der Waals surface area contributed by atoms with Gasteiger partial charge in [0.1, 0.15) is 5.82 Å². The fourth-order valence-corrected chi connectivity index (χ4v) is 2.86. The zero-order valence-electron chi connectivity index (χ0n) is 11.0. The van der Waals surface area contributed by atoms with E-state index in [1.54, 1.807) is 6.07 Å². The zero-order chi connectivity index (χ0) is 12.5. The van der Waals surface area contributed by atoms with Crippen LogP contribution in [0.1, 0.15) is 37.8 Å². The van der Waals surface area contributed by atoms with Gasteiger partial charge in [-0.15, -0.1) is 0 Å². The summed E-state index contributed by atoms with van der Waals surface area (Å²) in [5, 5.41) is 3.60. The number of hydrogen-bond donors (Lipinski definition) is 1. The third kappa shape index (κ3) is 2.52. The summed E-state index contributed by atoms with van der Waals surface area (Å²) in [6, 6.07) is 5.41. The zero-order valence-corrected chi connectivity index (χ0v) is 11.0. The number of nitrogens with one attached hydrogen (secondary N) is 1. The van der Waals surface area contributed by atoms with Crippen LogP contribution in [0.25, 0.3) is 0 Å². The molecule has 0 spiro atoms. The quantitative estimate of drug-likeness (QED) is 0.846. The van der Waals surface area contributed by atoms with Crippen molar-refractivity contribution in [2.45, 2.75) is 45.6 Å². The van der Waals surface area contributed by atoms with Gasteiger partial charge >= 0.3 is 0 Å². The Morgan fingerprint density at radius 3 is 2.76 bits per heavy atom. The summed E-state index contributed by atoms with van der Waals surface area (Å²) in [5.74, 6) is 0.467. The highest BCUT2D eigenvalue weighted by Crippen LogP contribution is 2.32. The van der Waals surface area contributed by atoms with Crippen molar-refractivity contribution >= 4 is 0 Å². The van der Waals surface area contributed by atoms with Crippen LogP contribution in [0.4, 0.5) is 4.39 Å². The van der Waals surface area contributed by atoms with Crippen LogP contribution in [0.5, 0.6) is 0 Å². The molecule has 0 aromatic heterocycles. The molecule has 0 amide bonds. The molecule has 1 aromatic carbocycles. The van der Waals surface area contributed by atoms with Gasteiger partial charge in [0.15, 0.2) is 0 Å². The molecule has 1 saturated heterocycles. The van der Waals surface area contributed by atoms with E-state index in [1.807, 2.05) is 19.1 Å². The molecule has 1 nitrogen and oxygen atoms in total. The second-order valence-corrected chi connectivity index (χ2v) is 5.61. The molecule has 1 fully saturated rings. The molecule has 17 heavy (non-hydrogen) atoms. The van der Waals surface area contributed by atoms with Crippen molar-refractivity contribution in [3.63, 3.8) is 0 Å². The van der Waals surface area contributed by atoms with Crippen LogP contribution in [0.15, 0.2) is 18.2 Å². The van der Waals surface area contributed by atoms with Crippen LogP contribution in [0, 0.1) is 18.7 Å². The summed E-state index contributed by atoms with van der Waals surface area (Å²) in [7, 11) is 0. The Labute approximate surface area is 103 Å². The largest absolute Gasteiger partial charge is 0.311 e. The monoisotopic (exact) mass is 235 g/mol. The smallest absolute Gasteiger partial charge is 0.126 e. The number of halogens is 1. The lowest BCUT2D eigenvalue weighted by Crippen LogP contribution is -2.46. The van der Waals surface area contributed by atoms with Crippen molar-refractivity contribution in [2.75, 3.05) is 6.54 Å². The van der Waals surface area contributed by atoms with Gasteiger partial charge in [0.2, 0.25) is 0 Å². The first-order valence-corrected chi connectivity index (χ1v) is 6.53. The van der Waals surface area contributed by atoms with E-state index >= 15 is 0 Å². The lowest BCUT2D eigenvalue weighted by atomic mass is 9.79. The SMILES string of the molecule is Cc1ccc(F)c(CC2(C(C)C)CCCN2)c1. The standard InChI is InChI=1S/C15H22FN/c1-11(2)15(7-4-8-17-15)10-13-9-12(3)5-6-14(13)16/h5-6,9,11,17H,4,7-8,10H2,1-3H3. The Bertz CT molecular complexity index is 392. The molecule has 1 heterocycles. The maximum Gasteiger partial charge on any atom is 0.126 e. The van der Waals surface area contributed by atoms with E-state index in [0.717, 1.165) is 30.5 Å². The van der Waals surface area contributed by atoms with Crippen molar-refractivity contribution in [1.82, 2.24) is 5.32 Å². The highest BCUT2D eigenvalue weighted by molar-refractivity contribution is 5.26. The van der Waals surface area contributed by atoms with E-state index in [9.17, 15) is 4.39 Å². The molecule has 1 aliphatic heterocycles. The Hall–Kier alpha value is -0.890. The average molecular weight is 235 g/mol. The van der Waals surface area contributed by atoms with Crippen molar-refractivity contribution in [3.8, 4) is 0 Å². The van der Waals surface area contributed by atoms with Crippen molar-refractivity contribution in [2.24, 2.45) is 5.92 Å². The molecule has 2 rings (SSSR count). The highest BCUT2D eigenvalue weighted by Gasteiger charge is 2.37. The first kappa shape index (κ1) is 12.6. The molecule has 1 aromatic rings. The maximum atomic E-state index is 13.8. The molecule has 0 aliphatic carbocycles. The molecule has 1 aliphatic rings. The van der Waals surface area contributed by atoms with Gasteiger partial charge in [0.25, 0.3) is 0 Å². The number of benzene rings is 1. The van der Waals surface area contributed by atoms with Crippen LogP contribution in [0.2, 0.25) is 0 Å². The number of rotatable bonds is 3. The predicted molar refractivity (Wildman–Crippen MR) is 69.6 cm³/mol. The minimum Gasteiger partial charge on any atom is -0.311 e. The lowest BCUT2D eigenvalue weighted by molar-refractivity contribution is 0.266. The molecule has 2 heteroatoms. The Kier molecular flexibility index (Phi) is 3.53. The molecule has 94 valence electrons. The van der Waals surface area contributed by atoms with Crippen LogP contribution < -0.4 is 5.32 Å². The third-order valence-corrected chi connectivity index (χ3v) is 4.09. The average Bonchev–Trinajstić information content (AvgIpc) is 2.73. The van der Waals surface area contributed by atoms with Gasteiger partial charge in [0, 0.05) is 5.54 Å². The number of hydrogen-bond acceptors (Lipinski definition) is 1. The molecule has 1 atom stereocenters. The van der Waals surface area contributed by atoms with Gasteiger partial charge in [-0.3, -0.25) is 0 Å². The highest BCUT2D eigenvalue weighted by atomic mass is 19.1. The topological polar surface area (TPSA) is 12.0 Å². The molecule has 0 saturated carbocycles.